The van der Waals surface area contributed by atoms with E-state index in [9.17, 15) is 9.59 Å². The number of nitrogens with zero attached hydrogens (tertiary/aromatic N) is 8. The van der Waals surface area contributed by atoms with Crippen molar-refractivity contribution in [2.24, 2.45) is 15.3 Å². The van der Waals surface area contributed by atoms with Crippen LogP contribution in [0.25, 0.3) is 22.4 Å². The van der Waals surface area contributed by atoms with E-state index in [1.165, 1.54) is 4.80 Å². The number of rotatable bonds is 8. The van der Waals surface area contributed by atoms with E-state index in [0.717, 1.165) is 11.1 Å². The molecule has 0 unspecified atom stereocenters. The van der Waals surface area contributed by atoms with Crippen LogP contribution in [-0.2, 0) is 13.1 Å². The third-order valence-electron chi connectivity index (χ3n) is 7.17. The number of hydrogen-bond donors (Lipinski definition) is 2. The summed E-state index contributed by atoms with van der Waals surface area (Å²) in [5.74, 6) is -0.914. The van der Waals surface area contributed by atoms with Crippen LogP contribution in [-0.4, -0.2) is 41.8 Å². The Balaban J connectivity index is 1.41. The standard InChI is InChI=1S/C34H26N10O2/c45-33(25-17-9-3-10-18-25)37-35-27-29-30(40-43(39-29)21-23-13-5-1-6-14-23)28(36-38-34(46)26-19-11-4-12-20-26)32-31(27)41-44(42-32)22-24-15-7-2-8-16-24/h1-20,39H,21-22H2,(H,38,46)/b36-28-,37-35?. The van der Waals surface area contributed by atoms with Gasteiger partial charge in [-0.3, -0.25) is 14.7 Å². The lowest BCUT2D eigenvalue weighted by atomic mass is 10.1. The molecule has 12 nitrogen and oxygen atoms in total. The van der Waals surface area contributed by atoms with Crippen molar-refractivity contribution in [1.29, 1.82) is 0 Å². The molecular formula is C34H26N10O2. The second-order valence-corrected chi connectivity index (χ2v) is 10.4. The van der Waals surface area contributed by atoms with E-state index in [4.69, 9.17) is 15.3 Å². The molecule has 46 heavy (non-hydrogen) atoms. The van der Waals surface area contributed by atoms with Crippen LogP contribution in [0.1, 0.15) is 31.8 Å². The van der Waals surface area contributed by atoms with E-state index < -0.39 is 11.8 Å². The first-order chi connectivity index (χ1) is 22.6. The van der Waals surface area contributed by atoms with Gasteiger partial charge >= 0.3 is 0 Å². The Morgan fingerprint density at radius 2 is 1.24 bits per heavy atom. The number of amides is 2. The number of benzene rings is 5. The molecule has 2 heterocycles. The molecule has 12 heteroatoms. The minimum Gasteiger partial charge on any atom is -0.278 e. The fraction of sp³-hybridized carbons (Fsp3) is 0.0588. The zero-order chi connectivity index (χ0) is 31.3. The molecule has 0 spiro atoms. The quantitative estimate of drug-likeness (QED) is 0.177. The van der Waals surface area contributed by atoms with Crippen molar-refractivity contribution in [2.45, 2.75) is 13.1 Å². The van der Waals surface area contributed by atoms with Crippen molar-refractivity contribution < 1.29 is 9.59 Å². The average molecular weight is 607 g/mol. The van der Waals surface area contributed by atoms with Gasteiger partial charge in [0, 0.05) is 11.1 Å². The van der Waals surface area contributed by atoms with Gasteiger partial charge in [0.05, 0.1) is 13.1 Å². The second kappa shape index (κ2) is 12.6. The van der Waals surface area contributed by atoms with Gasteiger partial charge < -0.3 is 0 Å². The van der Waals surface area contributed by atoms with Crippen LogP contribution >= 0.6 is 0 Å². The maximum absolute atomic E-state index is 13.0. The van der Waals surface area contributed by atoms with Crippen LogP contribution in [0, 0.1) is 0 Å². The second-order valence-electron chi connectivity index (χ2n) is 10.4. The molecule has 0 radical (unpaired) electrons. The minimum absolute atomic E-state index is 0.265. The molecule has 0 saturated carbocycles. The van der Waals surface area contributed by atoms with E-state index in [1.807, 2.05) is 72.8 Å². The van der Waals surface area contributed by atoms with Crippen molar-refractivity contribution in [3.05, 3.63) is 149 Å². The van der Waals surface area contributed by atoms with E-state index in [2.05, 4.69) is 25.9 Å². The van der Waals surface area contributed by atoms with Gasteiger partial charge in [0.1, 0.15) is 33.5 Å². The summed E-state index contributed by atoms with van der Waals surface area (Å²) in [6.07, 6.45) is 0. The topological polar surface area (TPSA) is 148 Å². The molecule has 0 bridgehead atoms. The molecule has 0 fully saturated rings. The molecule has 4 aromatic carbocycles. The number of hydrogen-bond acceptors (Lipinski definition) is 7. The first-order valence-corrected chi connectivity index (χ1v) is 14.5. The summed E-state index contributed by atoms with van der Waals surface area (Å²) >= 11 is 0. The summed E-state index contributed by atoms with van der Waals surface area (Å²) in [6.45, 7) is 0.768. The molecule has 2 aliphatic rings. The van der Waals surface area contributed by atoms with Gasteiger partial charge in [-0.1, -0.05) is 97.1 Å². The van der Waals surface area contributed by atoms with Crippen molar-refractivity contribution in [3.8, 4) is 11.4 Å². The zero-order valence-corrected chi connectivity index (χ0v) is 24.4. The average Bonchev–Trinajstić information content (AvgIpc) is 3.71. The SMILES string of the molecule is O=C(N=Nc1c2[nH]n(Cc3ccccc3)nc-2/c(=N/NC(=O)c2ccccc2)c2nn(Cc3ccccc3)nc12)c1ccccc1. The lowest BCUT2D eigenvalue weighted by molar-refractivity contribution is 0.0951. The third-order valence-corrected chi connectivity index (χ3v) is 7.17. The first-order valence-electron chi connectivity index (χ1n) is 14.5. The van der Waals surface area contributed by atoms with Crippen LogP contribution in [0.15, 0.2) is 137 Å². The Bertz CT molecular complexity index is 2170. The number of H-pyrrole nitrogens is 1. The van der Waals surface area contributed by atoms with Gasteiger partial charge in [-0.15, -0.1) is 10.2 Å². The van der Waals surface area contributed by atoms with Crippen LogP contribution in [0.3, 0.4) is 0 Å². The summed E-state index contributed by atoms with van der Waals surface area (Å²) in [6, 6.07) is 37.0. The molecule has 224 valence electrons. The number of aromatic nitrogens is 6. The van der Waals surface area contributed by atoms with E-state index in [-0.39, 0.29) is 11.0 Å². The highest BCUT2D eigenvalue weighted by Crippen LogP contribution is 2.33. The molecular weight excluding hydrogens is 580 g/mol. The maximum Gasteiger partial charge on any atom is 0.295 e. The Morgan fingerprint density at radius 1 is 0.674 bits per heavy atom. The number of carbonyl (C=O) groups excluding carboxylic acids is 2. The van der Waals surface area contributed by atoms with Crippen LogP contribution in [0.4, 0.5) is 5.69 Å². The lowest BCUT2D eigenvalue weighted by Crippen LogP contribution is -2.23. The lowest BCUT2D eigenvalue weighted by Gasteiger charge is -2.03. The Kier molecular flexibility index (Phi) is 7.72. The fourth-order valence-electron chi connectivity index (χ4n) is 4.95. The van der Waals surface area contributed by atoms with Crippen molar-refractivity contribution in [3.63, 3.8) is 0 Å². The third kappa shape index (κ3) is 5.95. The Hall–Kier alpha value is -6.56. The molecule has 2 amide bonds. The largest absolute Gasteiger partial charge is 0.295 e. The fourth-order valence-corrected chi connectivity index (χ4v) is 4.95. The van der Waals surface area contributed by atoms with Crippen LogP contribution in [0.5, 0.6) is 0 Å². The van der Waals surface area contributed by atoms with E-state index >= 15 is 0 Å². The number of aromatic amines is 1. The summed E-state index contributed by atoms with van der Waals surface area (Å²) in [4.78, 5) is 29.1. The first kappa shape index (κ1) is 28.2. The maximum atomic E-state index is 13.0. The summed E-state index contributed by atoms with van der Waals surface area (Å²) in [7, 11) is 0. The normalized spacial score (nSPS) is 11.9. The number of azo groups is 1. The smallest absolute Gasteiger partial charge is 0.278 e. The molecule has 1 aliphatic heterocycles. The van der Waals surface area contributed by atoms with E-state index in [1.54, 1.807) is 53.3 Å². The van der Waals surface area contributed by atoms with Gasteiger partial charge in [-0.2, -0.15) is 25.2 Å². The molecule has 5 aromatic rings. The van der Waals surface area contributed by atoms with Crippen LogP contribution in [0.2, 0.25) is 0 Å². The van der Waals surface area contributed by atoms with Gasteiger partial charge in [0.15, 0.2) is 0 Å². The van der Waals surface area contributed by atoms with Gasteiger partial charge in [0.25, 0.3) is 11.8 Å². The van der Waals surface area contributed by atoms with Crippen molar-refractivity contribution >= 4 is 28.5 Å². The zero-order valence-electron chi connectivity index (χ0n) is 24.4. The minimum atomic E-state index is -0.515. The summed E-state index contributed by atoms with van der Waals surface area (Å²) in [5, 5.41) is 30.8. The highest BCUT2D eigenvalue weighted by Gasteiger charge is 2.26. The van der Waals surface area contributed by atoms with Crippen LogP contribution < -0.4 is 10.8 Å². The predicted octanol–water partition coefficient (Wildman–Crippen LogP) is 5.33. The molecule has 2 N–H and O–H groups in total. The molecule has 0 saturated heterocycles. The Labute approximate surface area is 262 Å². The van der Waals surface area contributed by atoms with E-state index in [0.29, 0.717) is 46.6 Å². The molecule has 7 rings (SSSR count). The van der Waals surface area contributed by atoms with Gasteiger partial charge in [-0.25, -0.2) is 10.2 Å². The molecule has 1 aromatic heterocycles. The highest BCUT2D eigenvalue weighted by molar-refractivity contribution is 5.98. The monoisotopic (exact) mass is 606 g/mol. The summed E-state index contributed by atoms with van der Waals surface area (Å²) in [5.41, 5.74) is 7.17. The highest BCUT2D eigenvalue weighted by atomic mass is 16.2. The molecule has 1 aliphatic carbocycles. The summed E-state index contributed by atoms with van der Waals surface area (Å²) < 4.78 is 0. The predicted molar refractivity (Wildman–Crippen MR) is 170 cm³/mol. The van der Waals surface area contributed by atoms with Gasteiger partial charge in [0.2, 0.25) is 0 Å². The number of fused-ring (bicyclic) bond motifs is 2. The van der Waals surface area contributed by atoms with Crippen molar-refractivity contribution in [2.75, 3.05) is 0 Å². The van der Waals surface area contributed by atoms with Crippen molar-refractivity contribution in [1.82, 2.24) is 35.4 Å². The number of carbonyl (C=O) groups is 2. The van der Waals surface area contributed by atoms with Gasteiger partial charge in [-0.05, 0) is 35.4 Å². The molecule has 0 atom stereocenters. The number of nitrogens with one attached hydrogen (secondary N) is 2. The Morgan fingerprint density at radius 3 is 1.89 bits per heavy atom.